The van der Waals surface area contributed by atoms with Crippen LogP contribution in [0.15, 0.2) is 29.3 Å². The van der Waals surface area contributed by atoms with E-state index >= 15 is 0 Å². The highest BCUT2D eigenvalue weighted by atomic mass is 127. The number of benzene rings is 1. The second kappa shape index (κ2) is 8.93. The largest absolute Gasteiger partial charge is 0.370 e. The topological polar surface area (TPSA) is 76.2 Å². The summed E-state index contributed by atoms with van der Waals surface area (Å²) in [7, 11) is 0. The zero-order valence-corrected chi connectivity index (χ0v) is 15.3. The third-order valence-corrected chi connectivity index (χ3v) is 3.86. The van der Waals surface area contributed by atoms with Crippen LogP contribution in [-0.2, 0) is 19.4 Å². The number of guanidine groups is 1. The summed E-state index contributed by atoms with van der Waals surface area (Å²) in [4.78, 5) is 4.28. The number of aliphatic imine (C=N–C) groups is 1. The van der Waals surface area contributed by atoms with Gasteiger partial charge < -0.3 is 11.1 Å². The van der Waals surface area contributed by atoms with Crippen LogP contribution in [0.1, 0.15) is 29.4 Å². The molecular formula is C14H20IN5S. The van der Waals surface area contributed by atoms with Crippen LogP contribution in [-0.4, -0.2) is 16.2 Å². The molecule has 1 aromatic heterocycles. The third-order valence-electron chi connectivity index (χ3n) is 2.80. The quantitative estimate of drug-likeness (QED) is 0.445. The zero-order chi connectivity index (χ0) is 14.4. The first-order valence-electron chi connectivity index (χ1n) is 6.68. The van der Waals surface area contributed by atoms with Gasteiger partial charge in [-0.15, -0.1) is 34.2 Å². The number of hydrogen-bond acceptors (Lipinski definition) is 4. The maximum atomic E-state index is 5.88. The average molecular weight is 417 g/mol. The molecule has 1 aromatic carbocycles. The van der Waals surface area contributed by atoms with E-state index in [9.17, 15) is 0 Å². The average Bonchev–Trinajstić information content (AvgIpc) is 2.93. The van der Waals surface area contributed by atoms with E-state index in [0.29, 0.717) is 12.5 Å². The molecule has 0 saturated heterocycles. The van der Waals surface area contributed by atoms with Gasteiger partial charge in [-0.2, -0.15) is 0 Å². The Balaban J connectivity index is 0.00000220. The maximum Gasteiger partial charge on any atom is 0.193 e. The van der Waals surface area contributed by atoms with Crippen LogP contribution in [0.2, 0.25) is 0 Å². The molecule has 0 atom stereocenters. The van der Waals surface area contributed by atoms with Crippen molar-refractivity contribution in [3.05, 3.63) is 39.8 Å². The summed E-state index contributed by atoms with van der Waals surface area (Å²) >= 11 is 1.57. The first-order chi connectivity index (χ1) is 9.71. The Morgan fingerprint density at radius 1 is 1.24 bits per heavy atom. The van der Waals surface area contributed by atoms with E-state index in [0.717, 1.165) is 28.5 Å². The van der Waals surface area contributed by atoms with Gasteiger partial charge in [-0.3, -0.25) is 0 Å². The van der Waals surface area contributed by atoms with E-state index in [1.807, 2.05) is 12.1 Å². The van der Waals surface area contributed by atoms with Crippen molar-refractivity contribution in [2.24, 2.45) is 10.7 Å². The third kappa shape index (κ3) is 5.58. The molecule has 0 bridgehead atoms. The van der Waals surface area contributed by atoms with Crippen LogP contribution in [0.3, 0.4) is 0 Å². The molecule has 114 valence electrons. The Kier molecular flexibility index (Phi) is 7.58. The van der Waals surface area contributed by atoms with Gasteiger partial charge in [0.05, 0.1) is 6.54 Å². The molecule has 0 aliphatic heterocycles. The number of nitrogens with two attached hydrogens (primary N) is 1. The highest BCUT2D eigenvalue weighted by Crippen LogP contribution is 2.12. The number of anilines is 1. The molecule has 2 rings (SSSR count). The van der Waals surface area contributed by atoms with Crippen molar-refractivity contribution in [2.75, 3.05) is 5.32 Å². The number of nitrogens with zero attached hydrogens (tertiary/aromatic N) is 3. The molecule has 0 radical (unpaired) electrons. The summed E-state index contributed by atoms with van der Waals surface area (Å²) in [6, 6.07) is 8.14. The molecule has 2 aromatic rings. The minimum Gasteiger partial charge on any atom is -0.370 e. The molecule has 7 heteroatoms. The fraction of sp³-hybridized carbons (Fsp3) is 0.357. The number of rotatable bonds is 5. The Hall–Kier alpha value is -1.22. The molecule has 0 aliphatic rings. The molecule has 5 nitrogen and oxygen atoms in total. The normalized spacial score (nSPS) is 11.0. The standard InChI is InChI=1S/C14H19N5S.HI/c1-3-10-6-5-7-11(8-10)17-14(15)16-9-13-19-18-12(4-2)20-13;/h5-8H,3-4,9H2,1-2H3,(H3,15,16,17);1H. The van der Waals surface area contributed by atoms with Crippen molar-refractivity contribution < 1.29 is 0 Å². The van der Waals surface area contributed by atoms with E-state index in [-0.39, 0.29) is 24.0 Å². The van der Waals surface area contributed by atoms with E-state index in [1.165, 1.54) is 5.56 Å². The monoisotopic (exact) mass is 417 g/mol. The smallest absolute Gasteiger partial charge is 0.193 e. The molecule has 0 aliphatic carbocycles. The van der Waals surface area contributed by atoms with Crippen LogP contribution in [0.25, 0.3) is 0 Å². The van der Waals surface area contributed by atoms with Crippen LogP contribution < -0.4 is 11.1 Å². The molecule has 0 amide bonds. The first-order valence-corrected chi connectivity index (χ1v) is 7.50. The van der Waals surface area contributed by atoms with Crippen molar-refractivity contribution in [1.29, 1.82) is 0 Å². The lowest BCUT2D eigenvalue weighted by Crippen LogP contribution is -2.22. The van der Waals surface area contributed by atoms with E-state index in [4.69, 9.17) is 5.73 Å². The SMILES string of the molecule is CCc1cccc(NC(N)=NCc2nnc(CC)s2)c1.I. The van der Waals surface area contributed by atoms with Gasteiger partial charge in [0.2, 0.25) is 0 Å². The van der Waals surface area contributed by atoms with Gasteiger partial charge in [0, 0.05) is 5.69 Å². The lowest BCUT2D eigenvalue weighted by atomic mass is 10.1. The predicted molar refractivity (Wildman–Crippen MR) is 99.5 cm³/mol. The Morgan fingerprint density at radius 3 is 2.67 bits per heavy atom. The second-order valence-corrected chi connectivity index (χ2v) is 5.47. The Morgan fingerprint density at radius 2 is 2.00 bits per heavy atom. The van der Waals surface area contributed by atoms with Crippen molar-refractivity contribution in [1.82, 2.24) is 10.2 Å². The summed E-state index contributed by atoms with van der Waals surface area (Å²) in [6.07, 6.45) is 1.90. The molecule has 0 fully saturated rings. The van der Waals surface area contributed by atoms with E-state index < -0.39 is 0 Å². The zero-order valence-electron chi connectivity index (χ0n) is 12.2. The number of hydrogen-bond donors (Lipinski definition) is 2. The van der Waals surface area contributed by atoms with Crippen LogP contribution in [0, 0.1) is 0 Å². The van der Waals surface area contributed by atoms with Gasteiger partial charge in [0.15, 0.2) is 5.96 Å². The summed E-state index contributed by atoms with van der Waals surface area (Å²) < 4.78 is 0. The van der Waals surface area contributed by atoms with Gasteiger partial charge in [-0.1, -0.05) is 37.3 Å². The van der Waals surface area contributed by atoms with Gasteiger partial charge in [0.25, 0.3) is 0 Å². The highest BCUT2D eigenvalue weighted by molar-refractivity contribution is 14.0. The van der Waals surface area contributed by atoms with Gasteiger partial charge >= 0.3 is 0 Å². The molecule has 0 spiro atoms. The maximum absolute atomic E-state index is 5.88. The first kappa shape index (κ1) is 17.8. The molecule has 0 unspecified atom stereocenters. The second-order valence-electron chi connectivity index (χ2n) is 4.32. The van der Waals surface area contributed by atoms with E-state index in [1.54, 1.807) is 11.3 Å². The Bertz CT molecular complexity index is 597. The van der Waals surface area contributed by atoms with Gasteiger partial charge in [-0.25, -0.2) is 4.99 Å². The van der Waals surface area contributed by atoms with Crippen molar-refractivity contribution in [3.63, 3.8) is 0 Å². The molecule has 3 N–H and O–H groups in total. The Labute approximate surface area is 146 Å². The molecule has 0 saturated carbocycles. The molecule has 21 heavy (non-hydrogen) atoms. The number of aromatic nitrogens is 2. The minimum atomic E-state index is 0. The number of nitrogens with one attached hydrogen (secondary N) is 1. The summed E-state index contributed by atoms with van der Waals surface area (Å²) in [5, 5.41) is 13.1. The molecule has 1 heterocycles. The summed E-state index contributed by atoms with van der Waals surface area (Å²) in [5.41, 5.74) is 8.10. The number of aryl methyl sites for hydroxylation is 2. The van der Waals surface area contributed by atoms with Crippen LogP contribution in [0.4, 0.5) is 5.69 Å². The fourth-order valence-corrected chi connectivity index (χ4v) is 2.41. The van der Waals surface area contributed by atoms with Crippen molar-refractivity contribution in [3.8, 4) is 0 Å². The predicted octanol–water partition coefficient (Wildman–Crippen LogP) is 3.21. The number of halogens is 1. The fourth-order valence-electron chi connectivity index (χ4n) is 1.70. The van der Waals surface area contributed by atoms with Crippen molar-refractivity contribution >= 4 is 47.0 Å². The highest BCUT2D eigenvalue weighted by Gasteiger charge is 2.02. The van der Waals surface area contributed by atoms with Crippen LogP contribution >= 0.6 is 35.3 Å². The summed E-state index contributed by atoms with van der Waals surface area (Å²) in [6.45, 7) is 4.64. The lowest BCUT2D eigenvalue weighted by Gasteiger charge is -2.06. The summed E-state index contributed by atoms with van der Waals surface area (Å²) in [5.74, 6) is 0.395. The van der Waals surface area contributed by atoms with E-state index in [2.05, 4.69) is 46.5 Å². The van der Waals surface area contributed by atoms with Gasteiger partial charge in [0.1, 0.15) is 10.0 Å². The lowest BCUT2D eigenvalue weighted by molar-refractivity contribution is 0.921. The molecular weight excluding hydrogens is 397 g/mol. The van der Waals surface area contributed by atoms with Crippen molar-refractivity contribution in [2.45, 2.75) is 33.2 Å². The van der Waals surface area contributed by atoms with Crippen LogP contribution in [0.5, 0.6) is 0 Å². The van der Waals surface area contributed by atoms with Gasteiger partial charge in [-0.05, 0) is 30.5 Å². The minimum absolute atomic E-state index is 0.